The van der Waals surface area contributed by atoms with Crippen molar-refractivity contribution >= 4 is 17.7 Å². The minimum Gasteiger partial charge on any atom is -0.392 e. The van der Waals surface area contributed by atoms with Gasteiger partial charge in [0, 0.05) is 17.8 Å². The number of aliphatic hydroxyl groups excluding tert-OH is 1. The lowest BCUT2D eigenvalue weighted by Gasteiger charge is -2.39. The summed E-state index contributed by atoms with van der Waals surface area (Å²) in [5, 5.41) is 17.1. The molecular formula is C18H27N5O2. The van der Waals surface area contributed by atoms with Gasteiger partial charge < -0.3 is 21.5 Å². The molecule has 1 amide bonds. The summed E-state index contributed by atoms with van der Waals surface area (Å²) in [7, 11) is 0. The first-order chi connectivity index (χ1) is 11.8. The van der Waals surface area contributed by atoms with Gasteiger partial charge in [-0.15, -0.1) is 0 Å². The van der Waals surface area contributed by atoms with Gasteiger partial charge in [-0.3, -0.25) is 4.79 Å². The molecular weight excluding hydrogens is 318 g/mol. The average molecular weight is 345 g/mol. The van der Waals surface area contributed by atoms with Crippen molar-refractivity contribution in [2.24, 2.45) is 17.1 Å². The summed E-state index contributed by atoms with van der Waals surface area (Å²) in [5.41, 5.74) is 5.89. The summed E-state index contributed by atoms with van der Waals surface area (Å²) in [4.78, 5) is 20.5. The molecule has 136 valence electrons. The number of hydrogen-bond acceptors (Lipinski definition) is 6. The van der Waals surface area contributed by atoms with E-state index in [4.69, 9.17) is 5.73 Å². The van der Waals surface area contributed by atoms with Crippen LogP contribution in [0.5, 0.6) is 0 Å². The third-order valence-electron chi connectivity index (χ3n) is 6.47. The number of primary amides is 1. The van der Waals surface area contributed by atoms with E-state index < -0.39 is 5.91 Å². The highest BCUT2D eigenvalue weighted by atomic mass is 16.3. The second-order valence-corrected chi connectivity index (χ2v) is 8.66. The Morgan fingerprint density at radius 1 is 1.36 bits per heavy atom. The number of carbonyl (C=O) groups is 1. The number of anilines is 2. The van der Waals surface area contributed by atoms with E-state index in [1.807, 2.05) is 0 Å². The van der Waals surface area contributed by atoms with Crippen molar-refractivity contribution in [3.63, 3.8) is 0 Å². The van der Waals surface area contributed by atoms with Crippen LogP contribution in [0.1, 0.15) is 62.7 Å². The quantitative estimate of drug-likeness (QED) is 0.648. The van der Waals surface area contributed by atoms with Crippen LogP contribution in [0.4, 0.5) is 11.8 Å². The molecule has 7 heteroatoms. The molecule has 4 rings (SSSR count). The molecule has 3 fully saturated rings. The highest BCUT2D eigenvalue weighted by Gasteiger charge is 2.61. The summed E-state index contributed by atoms with van der Waals surface area (Å²) in [6.45, 7) is 4.17. The maximum Gasteiger partial charge on any atom is 0.254 e. The van der Waals surface area contributed by atoms with Crippen LogP contribution in [-0.2, 0) is 0 Å². The zero-order chi connectivity index (χ0) is 17.8. The Labute approximate surface area is 147 Å². The number of fused-ring (bicyclic) bond motifs is 1. The molecule has 3 aliphatic carbocycles. The number of carbonyl (C=O) groups excluding carboxylic acids is 1. The molecule has 0 bridgehead atoms. The van der Waals surface area contributed by atoms with E-state index in [0.717, 1.165) is 25.2 Å². The van der Waals surface area contributed by atoms with Crippen LogP contribution < -0.4 is 16.4 Å². The molecule has 4 unspecified atom stereocenters. The van der Waals surface area contributed by atoms with Gasteiger partial charge in [0.2, 0.25) is 5.95 Å². The Hall–Kier alpha value is -1.89. The Morgan fingerprint density at radius 2 is 2.16 bits per heavy atom. The van der Waals surface area contributed by atoms with Crippen LogP contribution in [0.15, 0.2) is 6.20 Å². The molecule has 3 saturated carbocycles. The minimum absolute atomic E-state index is 0.0689. The molecule has 5 N–H and O–H groups in total. The highest BCUT2D eigenvalue weighted by Crippen LogP contribution is 2.61. The molecule has 1 aromatic rings. The van der Waals surface area contributed by atoms with E-state index in [1.54, 1.807) is 0 Å². The predicted molar refractivity (Wildman–Crippen MR) is 95.3 cm³/mol. The maximum absolute atomic E-state index is 11.7. The van der Waals surface area contributed by atoms with Gasteiger partial charge >= 0.3 is 0 Å². The van der Waals surface area contributed by atoms with Crippen molar-refractivity contribution in [2.75, 3.05) is 10.6 Å². The third kappa shape index (κ3) is 2.94. The Kier molecular flexibility index (Phi) is 3.68. The standard InChI is InChI=1S/C18H27N5O2/c1-17(2)5-4-11(7-13(17)24)21-15-12(14(19)25)9-20-16(22-15)23-18-6-3-10(18)8-18/h9-11,13,24H,3-8H2,1-2H3,(H2,19,25)(H2,20,21,22,23). The molecule has 0 spiro atoms. The largest absolute Gasteiger partial charge is 0.392 e. The van der Waals surface area contributed by atoms with E-state index in [0.29, 0.717) is 23.8 Å². The van der Waals surface area contributed by atoms with Gasteiger partial charge in [0.25, 0.3) is 5.91 Å². The first-order valence-corrected chi connectivity index (χ1v) is 9.19. The van der Waals surface area contributed by atoms with Crippen LogP contribution in [0, 0.1) is 11.3 Å². The Bertz CT molecular complexity index is 703. The van der Waals surface area contributed by atoms with Crippen molar-refractivity contribution in [1.29, 1.82) is 0 Å². The summed E-state index contributed by atoms with van der Waals surface area (Å²) in [6, 6.07) is 0.0689. The van der Waals surface area contributed by atoms with Crippen LogP contribution in [0.3, 0.4) is 0 Å². The first-order valence-electron chi connectivity index (χ1n) is 9.19. The summed E-state index contributed by atoms with van der Waals surface area (Å²) < 4.78 is 0. The van der Waals surface area contributed by atoms with Crippen molar-refractivity contribution < 1.29 is 9.90 Å². The number of aromatic nitrogens is 2. The number of nitrogens with zero attached hydrogens (tertiary/aromatic N) is 2. The van der Waals surface area contributed by atoms with Gasteiger partial charge in [0.05, 0.1) is 11.7 Å². The fraction of sp³-hybridized carbons (Fsp3) is 0.722. The molecule has 0 aliphatic heterocycles. The van der Waals surface area contributed by atoms with Gasteiger partial charge in [-0.05, 0) is 49.9 Å². The van der Waals surface area contributed by atoms with Gasteiger partial charge in [0.1, 0.15) is 5.82 Å². The molecule has 3 aliphatic rings. The van der Waals surface area contributed by atoms with E-state index >= 15 is 0 Å². The lowest BCUT2D eigenvalue weighted by Crippen LogP contribution is -2.41. The molecule has 1 aromatic heterocycles. The highest BCUT2D eigenvalue weighted by molar-refractivity contribution is 5.97. The molecule has 0 radical (unpaired) electrons. The second kappa shape index (κ2) is 5.56. The zero-order valence-corrected chi connectivity index (χ0v) is 14.9. The fourth-order valence-corrected chi connectivity index (χ4v) is 4.20. The molecule has 4 atom stereocenters. The van der Waals surface area contributed by atoms with E-state index in [-0.39, 0.29) is 23.1 Å². The number of aliphatic hydroxyl groups is 1. The second-order valence-electron chi connectivity index (χ2n) is 8.66. The van der Waals surface area contributed by atoms with Crippen LogP contribution in [-0.4, -0.2) is 38.7 Å². The third-order valence-corrected chi connectivity index (χ3v) is 6.47. The topological polar surface area (TPSA) is 113 Å². The molecule has 7 nitrogen and oxygen atoms in total. The molecule has 25 heavy (non-hydrogen) atoms. The van der Waals surface area contributed by atoms with Crippen LogP contribution in [0.2, 0.25) is 0 Å². The number of nitrogens with two attached hydrogens (primary N) is 1. The Balaban J connectivity index is 1.51. The zero-order valence-electron chi connectivity index (χ0n) is 14.9. The Morgan fingerprint density at radius 3 is 2.72 bits per heavy atom. The fourth-order valence-electron chi connectivity index (χ4n) is 4.20. The van der Waals surface area contributed by atoms with Gasteiger partial charge in [-0.25, -0.2) is 4.98 Å². The van der Waals surface area contributed by atoms with E-state index in [2.05, 4.69) is 34.4 Å². The van der Waals surface area contributed by atoms with Crippen molar-refractivity contribution in [1.82, 2.24) is 9.97 Å². The van der Waals surface area contributed by atoms with Gasteiger partial charge in [0.15, 0.2) is 0 Å². The van der Waals surface area contributed by atoms with E-state index in [1.165, 1.54) is 19.0 Å². The van der Waals surface area contributed by atoms with Crippen molar-refractivity contribution in [2.45, 2.75) is 70.1 Å². The molecule has 0 aromatic carbocycles. The molecule has 1 heterocycles. The summed E-state index contributed by atoms with van der Waals surface area (Å²) >= 11 is 0. The first kappa shape index (κ1) is 16.6. The lowest BCUT2D eigenvalue weighted by atomic mass is 9.73. The maximum atomic E-state index is 11.7. The average Bonchev–Trinajstić information content (AvgIpc) is 3.04. The predicted octanol–water partition coefficient (Wildman–Crippen LogP) is 1.89. The number of hydrogen-bond donors (Lipinski definition) is 4. The summed E-state index contributed by atoms with van der Waals surface area (Å²) in [5.74, 6) is 1.22. The van der Waals surface area contributed by atoms with Gasteiger partial charge in [-0.1, -0.05) is 13.8 Å². The number of rotatable bonds is 5. The lowest BCUT2D eigenvalue weighted by molar-refractivity contribution is 0.00912. The molecule has 0 saturated heterocycles. The monoisotopic (exact) mass is 345 g/mol. The SMILES string of the molecule is CC1(C)CCC(Nc2nc(NC34CCC3C4)ncc2C(N)=O)CC1O. The number of nitrogens with one attached hydrogen (secondary N) is 2. The normalized spacial score (nSPS) is 35.2. The number of amides is 1. The van der Waals surface area contributed by atoms with Crippen molar-refractivity contribution in [3.8, 4) is 0 Å². The summed E-state index contributed by atoms with van der Waals surface area (Å²) in [6.07, 6.45) is 7.19. The van der Waals surface area contributed by atoms with Crippen molar-refractivity contribution in [3.05, 3.63) is 11.8 Å². The van der Waals surface area contributed by atoms with Crippen LogP contribution >= 0.6 is 0 Å². The van der Waals surface area contributed by atoms with Gasteiger partial charge in [-0.2, -0.15) is 4.98 Å². The minimum atomic E-state index is -0.545. The van der Waals surface area contributed by atoms with Crippen LogP contribution in [0.25, 0.3) is 0 Å². The van der Waals surface area contributed by atoms with E-state index in [9.17, 15) is 9.90 Å². The smallest absolute Gasteiger partial charge is 0.254 e.